The highest BCUT2D eigenvalue weighted by atomic mass is 16.4. The third kappa shape index (κ3) is 5.34. The van der Waals surface area contributed by atoms with E-state index in [9.17, 15) is 24.3 Å². The number of carboxylic acids is 3. The summed E-state index contributed by atoms with van der Waals surface area (Å²) < 4.78 is 0. The Hall–Kier alpha value is -2.16. The lowest BCUT2D eigenvalue weighted by Gasteiger charge is -2.21. The van der Waals surface area contributed by atoms with Gasteiger partial charge in [-0.25, -0.2) is 9.59 Å². The van der Waals surface area contributed by atoms with E-state index >= 15 is 0 Å². The number of hydrogen-bond acceptors (Lipinski definition) is 5. The summed E-state index contributed by atoms with van der Waals surface area (Å²) in [5, 5.41) is 37.4. The van der Waals surface area contributed by atoms with Gasteiger partial charge in [-0.1, -0.05) is 6.92 Å². The molecule has 0 saturated heterocycles. The highest BCUT2D eigenvalue weighted by molar-refractivity contribution is 5.91. The Bertz CT molecular complexity index is 393. The molecule has 19 heavy (non-hydrogen) atoms. The van der Waals surface area contributed by atoms with Crippen molar-refractivity contribution < 1.29 is 39.6 Å². The number of carbonyl (C=O) groups excluding carboxylic acids is 1. The summed E-state index contributed by atoms with van der Waals surface area (Å²) in [5.41, 5.74) is -2.77. The van der Waals surface area contributed by atoms with Crippen LogP contribution in [0.15, 0.2) is 0 Å². The van der Waals surface area contributed by atoms with Crippen molar-refractivity contribution in [3.8, 4) is 0 Å². The van der Waals surface area contributed by atoms with Crippen LogP contribution in [-0.4, -0.2) is 55.9 Å². The minimum absolute atomic E-state index is 0.0610. The molecule has 2 unspecified atom stereocenters. The van der Waals surface area contributed by atoms with Crippen LogP contribution < -0.4 is 5.32 Å². The molecule has 0 heterocycles. The Morgan fingerprint density at radius 2 is 1.63 bits per heavy atom. The van der Waals surface area contributed by atoms with E-state index in [0.717, 1.165) is 0 Å². The SMILES string of the molecule is CCC(NC(=O)CC(O)(CC(=O)O)C(=O)O)C(=O)O. The van der Waals surface area contributed by atoms with Crippen molar-refractivity contribution >= 4 is 23.8 Å². The molecule has 0 aromatic heterocycles. The minimum atomic E-state index is -2.77. The summed E-state index contributed by atoms with van der Waals surface area (Å²) in [7, 11) is 0. The largest absolute Gasteiger partial charge is 0.481 e. The summed E-state index contributed by atoms with van der Waals surface area (Å²) in [5.74, 6) is -5.83. The first-order valence-electron chi connectivity index (χ1n) is 5.32. The van der Waals surface area contributed by atoms with Crippen LogP contribution in [0.5, 0.6) is 0 Å². The molecule has 0 aromatic carbocycles. The molecule has 0 aliphatic heterocycles. The second kappa shape index (κ2) is 6.69. The Morgan fingerprint density at radius 1 is 1.11 bits per heavy atom. The Kier molecular flexibility index (Phi) is 5.93. The zero-order valence-corrected chi connectivity index (χ0v) is 10.1. The molecule has 108 valence electrons. The van der Waals surface area contributed by atoms with Crippen molar-refractivity contribution in [1.82, 2.24) is 5.32 Å². The molecule has 0 aromatic rings. The molecule has 0 bridgehead atoms. The number of amides is 1. The van der Waals surface area contributed by atoms with E-state index in [1.807, 2.05) is 5.32 Å². The second-order valence-electron chi connectivity index (χ2n) is 3.95. The van der Waals surface area contributed by atoms with E-state index in [1.54, 1.807) is 0 Å². The number of rotatable bonds is 8. The van der Waals surface area contributed by atoms with Gasteiger partial charge in [-0.2, -0.15) is 0 Å². The van der Waals surface area contributed by atoms with Gasteiger partial charge in [-0.15, -0.1) is 0 Å². The topological polar surface area (TPSA) is 161 Å². The van der Waals surface area contributed by atoms with Crippen LogP contribution in [0.4, 0.5) is 0 Å². The van der Waals surface area contributed by atoms with Crippen LogP contribution >= 0.6 is 0 Å². The fraction of sp³-hybridized carbons (Fsp3) is 0.600. The first-order valence-corrected chi connectivity index (χ1v) is 5.32. The molecule has 0 aliphatic carbocycles. The molecule has 0 saturated carbocycles. The van der Waals surface area contributed by atoms with Crippen LogP contribution in [0.2, 0.25) is 0 Å². The van der Waals surface area contributed by atoms with E-state index in [4.69, 9.17) is 15.3 Å². The van der Waals surface area contributed by atoms with E-state index in [0.29, 0.717) is 0 Å². The average molecular weight is 277 g/mol. The number of carboxylic acid groups (broad SMARTS) is 3. The van der Waals surface area contributed by atoms with Crippen LogP contribution in [0.3, 0.4) is 0 Å². The number of nitrogens with one attached hydrogen (secondary N) is 1. The summed E-state index contributed by atoms with van der Waals surface area (Å²) in [4.78, 5) is 43.3. The average Bonchev–Trinajstić information content (AvgIpc) is 2.23. The summed E-state index contributed by atoms with van der Waals surface area (Å²) in [6.45, 7) is 1.49. The monoisotopic (exact) mass is 277 g/mol. The van der Waals surface area contributed by atoms with Gasteiger partial charge in [0.15, 0.2) is 5.60 Å². The number of hydrogen-bond donors (Lipinski definition) is 5. The van der Waals surface area contributed by atoms with Crippen molar-refractivity contribution in [2.75, 3.05) is 0 Å². The maximum Gasteiger partial charge on any atom is 0.336 e. The van der Waals surface area contributed by atoms with Gasteiger partial charge in [0.25, 0.3) is 0 Å². The van der Waals surface area contributed by atoms with Crippen molar-refractivity contribution in [2.45, 2.75) is 37.8 Å². The first kappa shape index (κ1) is 16.8. The van der Waals surface area contributed by atoms with E-state index in [-0.39, 0.29) is 6.42 Å². The lowest BCUT2D eigenvalue weighted by atomic mass is 9.95. The predicted octanol–water partition coefficient (Wildman–Crippen LogP) is -1.35. The van der Waals surface area contributed by atoms with Crippen LogP contribution in [0, 0.1) is 0 Å². The van der Waals surface area contributed by atoms with Crippen molar-refractivity contribution in [2.24, 2.45) is 0 Å². The molecule has 9 heteroatoms. The highest BCUT2D eigenvalue weighted by Gasteiger charge is 2.41. The van der Waals surface area contributed by atoms with Crippen molar-refractivity contribution in [3.63, 3.8) is 0 Å². The highest BCUT2D eigenvalue weighted by Crippen LogP contribution is 2.16. The third-order valence-corrected chi connectivity index (χ3v) is 2.34. The number of aliphatic hydroxyl groups is 1. The normalized spacial score (nSPS) is 15.1. The quantitative estimate of drug-likeness (QED) is 0.363. The molecule has 0 aliphatic rings. The number of aliphatic carboxylic acids is 3. The smallest absolute Gasteiger partial charge is 0.336 e. The lowest BCUT2D eigenvalue weighted by molar-refractivity contribution is -0.167. The molecular weight excluding hydrogens is 262 g/mol. The molecule has 0 spiro atoms. The maximum atomic E-state index is 11.4. The van der Waals surface area contributed by atoms with Crippen LogP contribution in [0.25, 0.3) is 0 Å². The van der Waals surface area contributed by atoms with E-state index in [2.05, 4.69) is 0 Å². The van der Waals surface area contributed by atoms with Gasteiger partial charge in [-0.05, 0) is 6.42 Å². The van der Waals surface area contributed by atoms with E-state index in [1.165, 1.54) is 6.92 Å². The summed E-state index contributed by atoms with van der Waals surface area (Å²) in [6, 6.07) is -1.23. The molecular formula is C10H15NO8. The first-order chi connectivity index (χ1) is 8.62. The third-order valence-electron chi connectivity index (χ3n) is 2.34. The molecule has 0 radical (unpaired) electrons. The maximum absolute atomic E-state index is 11.4. The fourth-order valence-corrected chi connectivity index (χ4v) is 1.31. The zero-order chi connectivity index (χ0) is 15.2. The summed E-state index contributed by atoms with van der Waals surface area (Å²) >= 11 is 0. The Morgan fingerprint density at radius 3 is 1.95 bits per heavy atom. The van der Waals surface area contributed by atoms with Gasteiger partial charge in [0, 0.05) is 0 Å². The molecule has 0 rings (SSSR count). The van der Waals surface area contributed by atoms with Crippen LogP contribution in [-0.2, 0) is 19.2 Å². The minimum Gasteiger partial charge on any atom is -0.481 e. The Labute approximate surface area is 107 Å². The van der Waals surface area contributed by atoms with E-state index < -0.39 is 48.3 Å². The van der Waals surface area contributed by atoms with Gasteiger partial charge in [0.1, 0.15) is 6.04 Å². The van der Waals surface area contributed by atoms with Crippen molar-refractivity contribution in [1.29, 1.82) is 0 Å². The van der Waals surface area contributed by atoms with Crippen LogP contribution in [0.1, 0.15) is 26.2 Å². The second-order valence-corrected chi connectivity index (χ2v) is 3.95. The zero-order valence-electron chi connectivity index (χ0n) is 10.1. The van der Waals surface area contributed by atoms with Gasteiger partial charge >= 0.3 is 17.9 Å². The standard InChI is InChI=1S/C10H15NO8/c1-2-5(8(15)16)11-6(12)3-10(19,9(17)18)4-7(13)14/h5,19H,2-4H2,1H3,(H,11,12)(H,13,14)(H,15,16)(H,17,18). The van der Waals surface area contributed by atoms with Crippen molar-refractivity contribution in [3.05, 3.63) is 0 Å². The summed E-state index contributed by atoms with van der Waals surface area (Å²) in [6.07, 6.45) is -2.15. The van der Waals surface area contributed by atoms with Gasteiger partial charge in [0.2, 0.25) is 5.91 Å². The molecule has 5 N–H and O–H groups in total. The molecule has 9 nitrogen and oxygen atoms in total. The molecule has 1 amide bonds. The fourth-order valence-electron chi connectivity index (χ4n) is 1.31. The van der Waals surface area contributed by atoms with Gasteiger partial charge in [-0.3, -0.25) is 9.59 Å². The van der Waals surface area contributed by atoms with Gasteiger partial charge in [0.05, 0.1) is 12.8 Å². The molecule has 2 atom stereocenters. The lowest BCUT2D eigenvalue weighted by Crippen LogP contribution is -2.48. The van der Waals surface area contributed by atoms with Gasteiger partial charge < -0.3 is 25.7 Å². The number of carbonyl (C=O) groups is 4. The Balaban J connectivity index is 4.78. The predicted molar refractivity (Wildman–Crippen MR) is 59.3 cm³/mol. The molecule has 0 fully saturated rings.